The van der Waals surface area contributed by atoms with Crippen molar-refractivity contribution < 1.29 is 24.5 Å². The van der Waals surface area contributed by atoms with E-state index in [-0.39, 0.29) is 6.61 Å². The molecule has 0 aliphatic heterocycles. The molecule has 5 nitrogen and oxygen atoms in total. The summed E-state index contributed by atoms with van der Waals surface area (Å²) in [6.07, 6.45) is -3.47. The Morgan fingerprint density at radius 3 is 2.17 bits per heavy atom. The largest absolute Gasteiger partial charge is 0.464 e. The molecule has 0 saturated heterocycles. The van der Waals surface area contributed by atoms with E-state index in [1.54, 1.807) is 6.92 Å². The number of carbonyl (C=O) groups is 2. The van der Waals surface area contributed by atoms with Gasteiger partial charge >= 0.3 is 5.97 Å². The van der Waals surface area contributed by atoms with Crippen LogP contribution < -0.4 is 0 Å². The van der Waals surface area contributed by atoms with Crippen LogP contribution in [0, 0.1) is 0 Å². The predicted octanol–water partition coefficient (Wildman–Crippen LogP) is -1.14. The summed E-state index contributed by atoms with van der Waals surface area (Å²) in [5.74, 6) is -1.66. The molecule has 5 heteroatoms. The molecule has 0 heterocycles. The highest BCUT2D eigenvalue weighted by Gasteiger charge is 2.28. The highest BCUT2D eigenvalue weighted by molar-refractivity contribution is 5.88. The third-order valence-electron chi connectivity index (χ3n) is 1.24. The standard InChI is InChI=1S/C7H12O5/c1-3-12-7(11)6(10)5(9)4(2)8/h5-6,9-10H,3H2,1-2H3/t5-,6+/m1/s1. The summed E-state index contributed by atoms with van der Waals surface area (Å²) >= 11 is 0. The molecule has 0 aliphatic carbocycles. The molecule has 0 bridgehead atoms. The van der Waals surface area contributed by atoms with E-state index in [9.17, 15) is 9.59 Å². The minimum Gasteiger partial charge on any atom is -0.464 e. The lowest BCUT2D eigenvalue weighted by Gasteiger charge is -2.12. The number of ketones is 1. The molecule has 2 atom stereocenters. The summed E-state index contributed by atoms with van der Waals surface area (Å²) in [6.45, 7) is 2.73. The van der Waals surface area contributed by atoms with Crippen molar-refractivity contribution >= 4 is 11.8 Å². The number of aliphatic hydroxyl groups excluding tert-OH is 2. The Labute approximate surface area is 70.0 Å². The molecule has 0 aliphatic rings. The van der Waals surface area contributed by atoms with Gasteiger partial charge in [0.2, 0.25) is 0 Å². The number of ether oxygens (including phenoxy) is 1. The topological polar surface area (TPSA) is 83.8 Å². The second-order valence-electron chi connectivity index (χ2n) is 2.25. The van der Waals surface area contributed by atoms with Crippen molar-refractivity contribution in [3.63, 3.8) is 0 Å². The maximum absolute atomic E-state index is 10.7. The van der Waals surface area contributed by atoms with Gasteiger partial charge in [0.15, 0.2) is 11.9 Å². The van der Waals surface area contributed by atoms with Crippen molar-refractivity contribution in [3.05, 3.63) is 0 Å². The van der Waals surface area contributed by atoms with Crippen LogP contribution in [0.4, 0.5) is 0 Å². The highest BCUT2D eigenvalue weighted by atomic mass is 16.5. The van der Waals surface area contributed by atoms with E-state index < -0.39 is 24.0 Å². The van der Waals surface area contributed by atoms with Gasteiger partial charge in [-0.3, -0.25) is 4.79 Å². The molecule has 0 amide bonds. The SMILES string of the molecule is CCOC(=O)[C@@H](O)[C@H](O)C(C)=O. The van der Waals surface area contributed by atoms with Gasteiger partial charge in [-0.25, -0.2) is 4.79 Å². The Balaban J connectivity index is 4.09. The molecular formula is C7H12O5. The number of esters is 1. The summed E-state index contributed by atoms with van der Waals surface area (Å²) in [5.41, 5.74) is 0. The van der Waals surface area contributed by atoms with Crippen LogP contribution >= 0.6 is 0 Å². The van der Waals surface area contributed by atoms with Crippen LogP contribution in [-0.2, 0) is 14.3 Å². The summed E-state index contributed by atoms with van der Waals surface area (Å²) in [4.78, 5) is 21.2. The number of rotatable bonds is 4. The summed E-state index contributed by atoms with van der Waals surface area (Å²) < 4.78 is 4.37. The fourth-order valence-electron chi connectivity index (χ4n) is 0.579. The van der Waals surface area contributed by atoms with E-state index in [0.717, 1.165) is 6.92 Å². The lowest BCUT2D eigenvalue weighted by Crippen LogP contribution is -2.39. The maximum Gasteiger partial charge on any atom is 0.338 e. The van der Waals surface area contributed by atoms with Crippen molar-refractivity contribution in [1.29, 1.82) is 0 Å². The first kappa shape index (κ1) is 11.1. The molecule has 0 aromatic carbocycles. The van der Waals surface area contributed by atoms with Crippen molar-refractivity contribution in [2.75, 3.05) is 6.61 Å². The number of carbonyl (C=O) groups excluding carboxylic acids is 2. The molecule has 0 rings (SSSR count). The Morgan fingerprint density at radius 1 is 1.33 bits per heavy atom. The van der Waals surface area contributed by atoms with Crippen molar-refractivity contribution in [1.82, 2.24) is 0 Å². The number of Topliss-reactive ketones (excluding diaryl/α,β-unsaturated/α-hetero) is 1. The first-order valence-electron chi connectivity index (χ1n) is 3.54. The first-order valence-corrected chi connectivity index (χ1v) is 3.54. The summed E-state index contributed by atoms with van der Waals surface area (Å²) in [7, 11) is 0. The van der Waals surface area contributed by atoms with Gasteiger partial charge in [0, 0.05) is 0 Å². The molecule has 0 radical (unpaired) electrons. The Hall–Kier alpha value is -0.940. The third kappa shape index (κ3) is 2.98. The van der Waals surface area contributed by atoms with Crippen LogP contribution in [-0.4, -0.2) is 40.8 Å². The van der Waals surface area contributed by atoms with Gasteiger partial charge in [0.25, 0.3) is 0 Å². The van der Waals surface area contributed by atoms with Crippen LogP contribution in [0.3, 0.4) is 0 Å². The van der Waals surface area contributed by atoms with Gasteiger partial charge < -0.3 is 14.9 Å². The van der Waals surface area contributed by atoms with E-state index in [2.05, 4.69) is 4.74 Å². The van der Waals surface area contributed by atoms with Crippen LogP contribution in [0.15, 0.2) is 0 Å². The molecule has 2 N–H and O–H groups in total. The smallest absolute Gasteiger partial charge is 0.338 e. The van der Waals surface area contributed by atoms with Crippen LogP contribution in [0.25, 0.3) is 0 Å². The molecular weight excluding hydrogens is 164 g/mol. The van der Waals surface area contributed by atoms with E-state index in [4.69, 9.17) is 10.2 Å². The number of hydrogen-bond donors (Lipinski definition) is 2. The lowest BCUT2D eigenvalue weighted by molar-refractivity contribution is -0.162. The maximum atomic E-state index is 10.7. The predicted molar refractivity (Wildman–Crippen MR) is 39.3 cm³/mol. The summed E-state index contributed by atoms with van der Waals surface area (Å²) in [6, 6.07) is 0. The van der Waals surface area contributed by atoms with E-state index >= 15 is 0 Å². The number of hydrogen-bond acceptors (Lipinski definition) is 5. The Kier molecular flexibility index (Phi) is 4.46. The van der Waals surface area contributed by atoms with Gasteiger partial charge in [0.1, 0.15) is 6.10 Å². The van der Waals surface area contributed by atoms with Gasteiger partial charge in [-0.2, -0.15) is 0 Å². The van der Waals surface area contributed by atoms with Crippen molar-refractivity contribution in [3.8, 4) is 0 Å². The Morgan fingerprint density at radius 2 is 1.83 bits per heavy atom. The van der Waals surface area contributed by atoms with Crippen molar-refractivity contribution in [2.24, 2.45) is 0 Å². The van der Waals surface area contributed by atoms with Crippen molar-refractivity contribution in [2.45, 2.75) is 26.1 Å². The minimum atomic E-state index is -1.78. The quantitative estimate of drug-likeness (QED) is 0.529. The molecule has 0 aromatic heterocycles. The van der Waals surface area contributed by atoms with E-state index in [1.165, 1.54) is 0 Å². The van der Waals surface area contributed by atoms with Gasteiger partial charge in [-0.15, -0.1) is 0 Å². The van der Waals surface area contributed by atoms with Crippen LogP contribution in [0.2, 0.25) is 0 Å². The molecule has 12 heavy (non-hydrogen) atoms. The zero-order valence-corrected chi connectivity index (χ0v) is 6.98. The fraction of sp³-hybridized carbons (Fsp3) is 0.714. The average Bonchev–Trinajstić information content (AvgIpc) is 2.02. The molecule has 0 fully saturated rings. The normalized spacial score (nSPS) is 15.0. The van der Waals surface area contributed by atoms with E-state index in [0.29, 0.717) is 0 Å². The second kappa shape index (κ2) is 4.84. The molecule has 0 saturated carbocycles. The zero-order valence-electron chi connectivity index (χ0n) is 6.98. The van der Waals surface area contributed by atoms with Crippen LogP contribution in [0.5, 0.6) is 0 Å². The second-order valence-corrected chi connectivity index (χ2v) is 2.25. The fourth-order valence-corrected chi connectivity index (χ4v) is 0.579. The average molecular weight is 176 g/mol. The number of aliphatic hydroxyl groups is 2. The molecule has 0 aromatic rings. The Bertz CT molecular complexity index is 177. The zero-order chi connectivity index (χ0) is 9.72. The minimum absolute atomic E-state index is 0.0977. The lowest BCUT2D eigenvalue weighted by atomic mass is 10.1. The molecule has 0 spiro atoms. The van der Waals surface area contributed by atoms with E-state index in [1.807, 2.05) is 0 Å². The first-order chi connectivity index (χ1) is 5.50. The monoisotopic (exact) mass is 176 g/mol. The van der Waals surface area contributed by atoms with Gasteiger partial charge in [-0.05, 0) is 13.8 Å². The highest BCUT2D eigenvalue weighted by Crippen LogP contribution is 1.97. The van der Waals surface area contributed by atoms with Gasteiger partial charge in [-0.1, -0.05) is 0 Å². The van der Waals surface area contributed by atoms with Gasteiger partial charge in [0.05, 0.1) is 6.61 Å². The van der Waals surface area contributed by atoms with Crippen LogP contribution in [0.1, 0.15) is 13.8 Å². The molecule has 70 valence electrons. The third-order valence-corrected chi connectivity index (χ3v) is 1.24. The molecule has 0 unspecified atom stereocenters. The summed E-state index contributed by atoms with van der Waals surface area (Å²) in [5, 5.41) is 17.8.